The summed E-state index contributed by atoms with van der Waals surface area (Å²) in [5, 5.41) is 5.44. The van der Waals surface area contributed by atoms with E-state index in [4.69, 9.17) is 0 Å². The average Bonchev–Trinajstić information content (AvgIpc) is 2.96. The Morgan fingerprint density at radius 2 is 2.32 bits per heavy atom. The Balaban J connectivity index is 2.24. The molecule has 0 aromatic carbocycles. The van der Waals surface area contributed by atoms with Crippen LogP contribution in [0.5, 0.6) is 0 Å². The highest BCUT2D eigenvalue weighted by molar-refractivity contribution is 7.84. The molecule has 1 fully saturated rings. The van der Waals surface area contributed by atoms with Crippen LogP contribution in [0.4, 0.5) is 0 Å². The van der Waals surface area contributed by atoms with E-state index in [9.17, 15) is 9.00 Å². The second-order valence-electron chi connectivity index (χ2n) is 5.02. The minimum atomic E-state index is -0.883. The molecule has 1 aliphatic rings. The van der Waals surface area contributed by atoms with Crippen molar-refractivity contribution in [3.05, 3.63) is 22.4 Å². The first-order chi connectivity index (χ1) is 8.98. The van der Waals surface area contributed by atoms with E-state index in [1.165, 1.54) is 0 Å². The van der Waals surface area contributed by atoms with Gasteiger partial charge in [0, 0.05) is 34.2 Å². The van der Waals surface area contributed by atoms with Crippen LogP contribution >= 0.6 is 11.3 Å². The molecule has 19 heavy (non-hydrogen) atoms. The van der Waals surface area contributed by atoms with Crippen LogP contribution in [0.3, 0.4) is 0 Å². The highest BCUT2D eigenvalue weighted by Gasteiger charge is 2.47. The molecule has 4 nitrogen and oxygen atoms in total. The Hall–Kier alpha value is -0.720. The minimum Gasteiger partial charge on any atom is -0.320 e. The lowest BCUT2D eigenvalue weighted by Gasteiger charge is -2.22. The second-order valence-corrected chi connectivity index (χ2v) is 7.56. The van der Waals surface area contributed by atoms with Gasteiger partial charge in [-0.1, -0.05) is 13.0 Å². The van der Waals surface area contributed by atoms with Crippen LogP contribution in [0.25, 0.3) is 0 Å². The van der Waals surface area contributed by atoms with Crippen molar-refractivity contribution < 1.29 is 9.00 Å². The summed E-state index contributed by atoms with van der Waals surface area (Å²) in [6.45, 7) is 4.49. The van der Waals surface area contributed by atoms with Gasteiger partial charge in [-0.05, 0) is 24.8 Å². The number of rotatable bonds is 5. The molecule has 1 aliphatic heterocycles. The Bertz CT molecular complexity index is 475. The van der Waals surface area contributed by atoms with E-state index in [1.807, 2.05) is 36.3 Å². The van der Waals surface area contributed by atoms with Crippen molar-refractivity contribution in [3.8, 4) is 0 Å². The molecule has 1 N–H and O–H groups in total. The standard InChI is InChI=1S/C13H20N2O2S2/c1-4-13(2)12(16)15(7-9-19(3)17)11(14-13)10-6-5-8-18-10/h5-6,8,11,14H,4,7,9H2,1-3H3. The lowest BCUT2D eigenvalue weighted by atomic mass is 9.99. The molecule has 106 valence electrons. The van der Waals surface area contributed by atoms with Gasteiger partial charge >= 0.3 is 0 Å². The summed E-state index contributed by atoms with van der Waals surface area (Å²) >= 11 is 1.64. The summed E-state index contributed by atoms with van der Waals surface area (Å²) in [4.78, 5) is 15.5. The third kappa shape index (κ3) is 2.90. The molecule has 3 unspecified atom stereocenters. The van der Waals surface area contributed by atoms with Gasteiger partial charge in [0.15, 0.2) is 0 Å². The van der Waals surface area contributed by atoms with Crippen LogP contribution in [0.2, 0.25) is 0 Å². The van der Waals surface area contributed by atoms with Gasteiger partial charge in [0.2, 0.25) is 5.91 Å². The largest absolute Gasteiger partial charge is 0.320 e. The fourth-order valence-electron chi connectivity index (χ4n) is 2.26. The monoisotopic (exact) mass is 300 g/mol. The Labute approximate surface area is 120 Å². The van der Waals surface area contributed by atoms with E-state index in [1.54, 1.807) is 17.6 Å². The third-order valence-electron chi connectivity index (χ3n) is 3.64. The lowest BCUT2D eigenvalue weighted by Crippen LogP contribution is -2.43. The van der Waals surface area contributed by atoms with Crippen molar-refractivity contribution >= 4 is 28.0 Å². The van der Waals surface area contributed by atoms with Crippen LogP contribution in [-0.2, 0) is 15.6 Å². The fraction of sp³-hybridized carbons (Fsp3) is 0.615. The topological polar surface area (TPSA) is 49.4 Å². The number of carbonyl (C=O) groups excluding carboxylic acids is 1. The SMILES string of the molecule is CCC1(C)NC(c2cccs2)N(CCS(C)=O)C1=O. The molecule has 2 heterocycles. The molecule has 6 heteroatoms. The molecule has 1 aromatic rings. The number of hydrogen-bond donors (Lipinski definition) is 1. The minimum absolute atomic E-state index is 0.0824. The average molecular weight is 300 g/mol. The predicted octanol–water partition coefficient (Wildman–Crippen LogP) is 1.73. The van der Waals surface area contributed by atoms with Crippen molar-refractivity contribution in [2.45, 2.75) is 32.0 Å². The van der Waals surface area contributed by atoms with Crippen molar-refractivity contribution in [3.63, 3.8) is 0 Å². The third-order valence-corrected chi connectivity index (χ3v) is 5.32. The Kier molecular flexibility index (Phi) is 4.43. The van der Waals surface area contributed by atoms with Gasteiger partial charge in [0.25, 0.3) is 0 Å². The molecule has 2 rings (SSSR count). The van der Waals surface area contributed by atoms with Crippen LogP contribution in [-0.4, -0.2) is 39.1 Å². The van der Waals surface area contributed by atoms with Crippen LogP contribution in [0, 0.1) is 0 Å². The summed E-state index contributed by atoms with van der Waals surface area (Å²) in [5.74, 6) is 0.633. The van der Waals surface area contributed by atoms with Crippen molar-refractivity contribution in [1.29, 1.82) is 0 Å². The molecular formula is C13H20N2O2S2. The van der Waals surface area contributed by atoms with E-state index in [0.29, 0.717) is 12.3 Å². The zero-order valence-corrected chi connectivity index (χ0v) is 13.1. The maximum Gasteiger partial charge on any atom is 0.244 e. The first-order valence-electron chi connectivity index (χ1n) is 6.40. The van der Waals surface area contributed by atoms with E-state index in [2.05, 4.69) is 5.32 Å². The summed E-state index contributed by atoms with van der Waals surface area (Å²) in [6, 6.07) is 4.02. The normalized spacial score (nSPS) is 28.9. The van der Waals surface area contributed by atoms with Crippen molar-refractivity contribution in [2.24, 2.45) is 0 Å². The van der Waals surface area contributed by atoms with E-state index >= 15 is 0 Å². The van der Waals surface area contributed by atoms with E-state index < -0.39 is 16.3 Å². The van der Waals surface area contributed by atoms with Crippen LogP contribution in [0.1, 0.15) is 31.3 Å². The van der Waals surface area contributed by atoms with E-state index in [0.717, 1.165) is 11.3 Å². The van der Waals surface area contributed by atoms with Gasteiger partial charge in [0.1, 0.15) is 6.17 Å². The number of thiophene rings is 1. The molecule has 1 aromatic heterocycles. The van der Waals surface area contributed by atoms with Gasteiger partial charge < -0.3 is 4.90 Å². The Morgan fingerprint density at radius 1 is 1.58 bits per heavy atom. The first-order valence-corrected chi connectivity index (χ1v) is 9.01. The molecule has 0 saturated carbocycles. The van der Waals surface area contributed by atoms with Gasteiger partial charge in [-0.3, -0.25) is 14.3 Å². The second kappa shape index (κ2) is 5.73. The predicted molar refractivity (Wildman–Crippen MR) is 79.5 cm³/mol. The number of nitrogens with zero attached hydrogens (tertiary/aromatic N) is 1. The first kappa shape index (κ1) is 14.7. The highest BCUT2D eigenvalue weighted by atomic mass is 32.2. The number of nitrogens with one attached hydrogen (secondary N) is 1. The number of carbonyl (C=O) groups is 1. The summed E-state index contributed by atoms with van der Waals surface area (Å²) in [5.41, 5.74) is -0.510. The van der Waals surface area contributed by atoms with Crippen molar-refractivity contribution in [2.75, 3.05) is 18.6 Å². The van der Waals surface area contributed by atoms with Gasteiger partial charge in [-0.2, -0.15) is 0 Å². The summed E-state index contributed by atoms with van der Waals surface area (Å²) in [7, 11) is -0.883. The van der Waals surface area contributed by atoms with Gasteiger partial charge in [-0.15, -0.1) is 11.3 Å². The molecule has 0 bridgehead atoms. The fourth-order valence-corrected chi connectivity index (χ4v) is 3.50. The number of amides is 1. The number of hydrogen-bond acceptors (Lipinski definition) is 4. The summed E-state index contributed by atoms with van der Waals surface area (Å²) < 4.78 is 11.3. The molecular weight excluding hydrogens is 280 g/mol. The molecule has 1 amide bonds. The van der Waals surface area contributed by atoms with Crippen molar-refractivity contribution in [1.82, 2.24) is 10.2 Å². The molecule has 0 spiro atoms. The smallest absolute Gasteiger partial charge is 0.244 e. The summed E-state index contributed by atoms with van der Waals surface area (Å²) in [6.07, 6.45) is 2.34. The molecule has 3 atom stereocenters. The maximum atomic E-state index is 12.5. The van der Waals surface area contributed by atoms with Gasteiger partial charge in [-0.25, -0.2) is 0 Å². The molecule has 0 aliphatic carbocycles. The van der Waals surface area contributed by atoms with Crippen LogP contribution < -0.4 is 5.32 Å². The highest BCUT2D eigenvalue weighted by Crippen LogP contribution is 2.34. The molecule has 0 radical (unpaired) electrons. The zero-order chi connectivity index (χ0) is 14.0. The molecule has 1 saturated heterocycles. The maximum absolute atomic E-state index is 12.5. The Morgan fingerprint density at radius 3 is 2.84 bits per heavy atom. The van der Waals surface area contributed by atoms with E-state index in [-0.39, 0.29) is 12.1 Å². The van der Waals surface area contributed by atoms with Gasteiger partial charge in [0.05, 0.1) is 5.54 Å². The lowest BCUT2D eigenvalue weighted by molar-refractivity contribution is -0.132. The quantitative estimate of drug-likeness (QED) is 0.901. The van der Waals surface area contributed by atoms with Crippen LogP contribution in [0.15, 0.2) is 17.5 Å². The zero-order valence-electron chi connectivity index (χ0n) is 11.5.